The topological polar surface area (TPSA) is 46.6 Å². The molecular weight excluding hydrogens is 401 g/mol. The molecule has 0 heterocycles. The summed E-state index contributed by atoms with van der Waals surface area (Å²) in [4.78, 5) is 0.113. The van der Waals surface area contributed by atoms with Gasteiger partial charge in [-0.3, -0.25) is 4.31 Å². The fourth-order valence-corrected chi connectivity index (χ4v) is 4.67. The van der Waals surface area contributed by atoms with E-state index in [0.29, 0.717) is 22.0 Å². The minimum absolute atomic E-state index is 0.113. The highest BCUT2D eigenvalue weighted by Gasteiger charge is 2.30. The number of rotatable bonds is 6. The van der Waals surface area contributed by atoms with E-state index in [2.05, 4.69) is 0 Å². The third-order valence-electron chi connectivity index (χ3n) is 4.40. The minimum atomic E-state index is -3.91. The molecular formula is C21H19ClFNO3S. The second kappa shape index (κ2) is 8.20. The molecule has 4 nitrogen and oxygen atoms in total. The lowest BCUT2D eigenvalue weighted by Crippen LogP contribution is -2.33. The molecule has 28 heavy (non-hydrogen) atoms. The van der Waals surface area contributed by atoms with Gasteiger partial charge < -0.3 is 4.74 Å². The maximum Gasteiger partial charge on any atom is 0.264 e. The molecule has 0 aliphatic heterocycles. The molecule has 3 aromatic rings. The monoisotopic (exact) mass is 419 g/mol. The molecule has 0 fully saturated rings. The van der Waals surface area contributed by atoms with Crippen molar-refractivity contribution in [2.75, 3.05) is 11.4 Å². The van der Waals surface area contributed by atoms with Gasteiger partial charge in [-0.1, -0.05) is 23.7 Å². The van der Waals surface area contributed by atoms with Crippen LogP contribution in [0.3, 0.4) is 0 Å². The Morgan fingerprint density at radius 1 is 0.929 bits per heavy atom. The van der Waals surface area contributed by atoms with Crippen molar-refractivity contribution in [2.45, 2.75) is 17.9 Å². The summed E-state index contributed by atoms with van der Waals surface area (Å²) in [6.07, 6.45) is 0. The van der Waals surface area contributed by atoms with Crippen LogP contribution in [0.25, 0.3) is 0 Å². The first-order valence-electron chi connectivity index (χ1n) is 8.52. The van der Waals surface area contributed by atoms with E-state index in [4.69, 9.17) is 16.3 Å². The van der Waals surface area contributed by atoms with E-state index in [9.17, 15) is 12.8 Å². The van der Waals surface area contributed by atoms with Gasteiger partial charge in [0.25, 0.3) is 10.0 Å². The SMILES string of the molecule is COc1ccc(N([C@H](C)c2ccc(F)cc2)S(=O)(=O)c2ccc(Cl)cc2)cc1. The molecule has 0 bridgehead atoms. The summed E-state index contributed by atoms with van der Waals surface area (Å²) in [5.41, 5.74) is 1.13. The Bertz CT molecular complexity index is 1040. The van der Waals surface area contributed by atoms with Gasteiger partial charge in [0.2, 0.25) is 0 Å². The van der Waals surface area contributed by atoms with Gasteiger partial charge >= 0.3 is 0 Å². The second-order valence-electron chi connectivity index (χ2n) is 6.18. The highest BCUT2D eigenvalue weighted by atomic mass is 35.5. The Kier molecular flexibility index (Phi) is 5.91. The van der Waals surface area contributed by atoms with E-state index >= 15 is 0 Å². The highest BCUT2D eigenvalue weighted by Crippen LogP contribution is 2.34. The van der Waals surface area contributed by atoms with Gasteiger partial charge in [-0.2, -0.15) is 0 Å². The second-order valence-corrected chi connectivity index (χ2v) is 8.43. The molecule has 0 spiro atoms. The van der Waals surface area contributed by atoms with Crippen LogP contribution in [0.4, 0.5) is 10.1 Å². The van der Waals surface area contributed by atoms with E-state index in [1.807, 2.05) is 0 Å². The average Bonchev–Trinajstić information content (AvgIpc) is 2.69. The normalized spacial score (nSPS) is 12.4. The molecule has 0 radical (unpaired) electrons. The Labute approximate surface area is 169 Å². The first kappa shape index (κ1) is 20.2. The van der Waals surface area contributed by atoms with E-state index < -0.39 is 16.1 Å². The molecule has 0 aliphatic carbocycles. The largest absolute Gasteiger partial charge is 0.497 e. The number of methoxy groups -OCH3 is 1. The van der Waals surface area contributed by atoms with Crippen molar-refractivity contribution in [3.8, 4) is 5.75 Å². The van der Waals surface area contributed by atoms with Crippen LogP contribution in [0.15, 0.2) is 77.7 Å². The third-order valence-corrected chi connectivity index (χ3v) is 6.57. The van der Waals surface area contributed by atoms with Crippen LogP contribution in [-0.2, 0) is 10.0 Å². The van der Waals surface area contributed by atoms with Gasteiger partial charge in [0.15, 0.2) is 0 Å². The summed E-state index contributed by atoms with van der Waals surface area (Å²) in [6, 6.07) is 17.9. The van der Waals surface area contributed by atoms with Gasteiger partial charge in [0, 0.05) is 5.02 Å². The molecule has 1 atom stereocenters. The smallest absolute Gasteiger partial charge is 0.264 e. The van der Waals surface area contributed by atoms with Crippen LogP contribution in [0, 0.1) is 5.82 Å². The molecule has 0 unspecified atom stereocenters. The molecule has 3 rings (SSSR count). The first-order valence-corrected chi connectivity index (χ1v) is 10.3. The van der Waals surface area contributed by atoms with Crippen molar-refractivity contribution in [3.05, 3.63) is 89.2 Å². The van der Waals surface area contributed by atoms with Crippen molar-refractivity contribution in [3.63, 3.8) is 0 Å². The van der Waals surface area contributed by atoms with E-state index in [0.717, 1.165) is 0 Å². The molecule has 0 saturated carbocycles. The summed E-state index contributed by atoms with van der Waals surface area (Å²) >= 11 is 5.91. The maximum atomic E-state index is 13.5. The molecule has 7 heteroatoms. The molecule has 0 aromatic heterocycles. The van der Waals surface area contributed by atoms with Gasteiger partial charge in [-0.05, 0) is 73.2 Å². The van der Waals surface area contributed by atoms with E-state index in [1.165, 1.54) is 40.7 Å². The summed E-state index contributed by atoms with van der Waals surface area (Å²) in [5.74, 6) is 0.231. The van der Waals surface area contributed by atoms with Crippen molar-refractivity contribution >= 4 is 27.3 Å². The minimum Gasteiger partial charge on any atom is -0.497 e. The number of halogens is 2. The van der Waals surface area contributed by atoms with Crippen LogP contribution in [-0.4, -0.2) is 15.5 Å². The van der Waals surface area contributed by atoms with Crippen LogP contribution < -0.4 is 9.04 Å². The van der Waals surface area contributed by atoms with Gasteiger partial charge in [-0.15, -0.1) is 0 Å². The lowest BCUT2D eigenvalue weighted by atomic mass is 10.1. The third kappa shape index (κ3) is 4.13. The van der Waals surface area contributed by atoms with Crippen molar-refractivity contribution in [2.24, 2.45) is 0 Å². The number of ether oxygens (including phenoxy) is 1. The fourth-order valence-electron chi connectivity index (χ4n) is 2.90. The summed E-state index contributed by atoms with van der Waals surface area (Å²) in [5, 5.41) is 0.446. The van der Waals surface area contributed by atoms with Crippen LogP contribution in [0.1, 0.15) is 18.5 Å². The number of sulfonamides is 1. The molecule has 0 N–H and O–H groups in total. The number of nitrogens with zero attached hydrogens (tertiary/aromatic N) is 1. The Morgan fingerprint density at radius 3 is 2.04 bits per heavy atom. The lowest BCUT2D eigenvalue weighted by molar-refractivity contribution is 0.415. The number of benzene rings is 3. The van der Waals surface area contributed by atoms with Crippen LogP contribution in [0.2, 0.25) is 5.02 Å². The van der Waals surface area contributed by atoms with Crippen molar-refractivity contribution in [1.82, 2.24) is 0 Å². The van der Waals surface area contributed by atoms with Crippen molar-refractivity contribution in [1.29, 1.82) is 0 Å². The van der Waals surface area contributed by atoms with Gasteiger partial charge in [0.1, 0.15) is 11.6 Å². The predicted octanol–water partition coefficient (Wildman–Crippen LogP) is 5.44. The number of hydrogen-bond donors (Lipinski definition) is 0. The maximum absolute atomic E-state index is 13.5. The zero-order valence-corrected chi connectivity index (χ0v) is 16.9. The summed E-state index contributed by atoms with van der Waals surface area (Å²) in [7, 11) is -2.37. The molecule has 0 aliphatic rings. The molecule has 3 aromatic carbocycles. The Balaban J connectivity index is 2.12. The van der Waals surface area contributed by atoms with Crippen molar-refractivity contribution < 1.29 is 17.5 Å². The zero-order valence-electron chi connectivity index (χ0n) is 15.3. The first-order chi connectivity index (χ1) is 13.3. The summed E-state index contributed by atoms with van der Waals surface area (Å²) < 4.78 is 46.7. The fraction of sp³-hybridized carbons (Fsp3) is 0.143. The number of hydrogen-bond acceptors (Lipinski definition) is 3. The van der Waals surface area contributed by atoms with E-state index in [1.54, 1.807) is 50.4 Å². The number of anilines is 1. The highest BCUT2D eigenvalue weighted by molar-refractivity contribution is 7.92. The van der Waals surface area contributed by atoms with Crippen LogP contribution in [0.5, 0.6) is 5.75 Å². The van der Waals surface area contributed by atoms with Gasteiger partial charge in [-0.25, -0.2) is 12.8 Å². The Hall–Kier alpha value is -2.57. The average molecular weight is 420 g/mol. The van der Waals surface area contributed by atoms with Crippen LogP contribution >= 0.6 is 11.6 Å². The molecule has 0 saturated heterocycles. The quantitative estimate of drug-likeness (QED) is 0.534. The van der Waals surface area contributed by atoms with Gasteiger partial charge in [0.05, 0.1) is 23.7 Å². The summed E-state index contributed by atoms with van der Waals surface area (Å²) in [6.45, 7) is 1.75. The molecule has 146 valence electrons. The molecule has 0 amide bonds. The standard InChI is InChI=1S/C21H19ClFNO3S/c1-15(16-3-7-18(23)8-4-16)24(19-9-11-20(27-2)12-10-19)28(25,26)21-13-5-17(22)6-14-21/h3-15H,1-2H3/t15-/m1/s1. The Morgan fingerprint density at radius 2 is 1.50 bits per heavy atom. The lowest BCUT2D eigenvalue weighted by Gasteiger charge is -2.31. The van der Waals surface area contributed by atoms with E-state index in [-0.39, 0.29) is 10.7 Å². The zero-order chi connectivity index (χ0) is 20.3. The predicted molar refractivity (Wildman–Crippen MR) is 109 cm³/mol.